The number of nitrogens with zero attached hydrogens (tertiary/aromatic N) is 3. The Labute approximate surface area is 183 Å². The summed E-state index contributed by atoms with van der Waals surface area (Å²) in [5, 5.41) is 7.89. The van der Waals surface area contributed by atoms with Gasteiger partial charge in [0.25, 0.3) is 0 Å². The van der Waals surface area contributed by atoms with Gasteiger partial charge in [-0.3, -0.25) is 9.89 Å². The first-order valence-corrected chi connectivity index (χ1v) is 11.3. The van der Waals surface area contributed by atoms with Crippen LogP contribution >= 0.6 is 11.3 Å². The van der Waals surface area contributed by atoms with E-state index in [0.717, 1.165) is 73.8 Å². The number of aryl methyl sites for hydroxylation is 2. The lowest BCUT2D eigenvalue weighted by atomic mass is 10.2. The Morgan fingerprint density at radius 3 is 2.83 bits per heavy atom. The second-order valence-electron chi connectivity index (χ2n) is 7.30. The molecule has 0 saturated carbocycles. The lowest BCUT2D eigenvalue weighted by molar-refractivity contribution is 0.0322. The van der Waals surface area contributed by atoms with Crippen LogP contribution in [-0.2, 0) is 17.7 Å². The number of benzene rings is 1. The van der Waals surface area contributed by atoms with Crippen molar-refractivity contribution in [3.05, 3.63) is 45.4 Å². The highest BCUT2D eigenvalue weighted by molar-refractivity contribution is 7.11. The van der Waals surface area contributed by atoms with E-state index < -0.39 is 0 Å². The third kappa shape index (κ3) is 7.27. The number of aliphatic imine (C=N–C) groups is 1. The smallest absolute Gasteiger partial charge is 0.191 e. The van der Waals surface area contributed by atoms with E-state index in [1.807, 2.05) is 12.1 Å². The molecule has 7 nitrogen and oxygen atoms in total. The number of thiazole rings is 1. The van der Waals surface area contributed by atoms with Crippen LogP contribution in [0.1, 0.15) is 21.1 Å². The molecule has 0 atom stereocenters. The molecular weight excluding hydrogens is 398 g/mol. The van der Waals surface area contributed by atoms with E-state index in [1.54, 1.807) is 18.4 Å². The average molecular weight is 432 g/mol. The van der Waals surface area contributed by atoms with Crippen molar-refractivity contribution in [2.75, 3.05) is 53.0 Å². The molecule has 1 aliphatic heterocycles. The van der Waals surface area contributed by atoms with E-state index in [9.17, 15) is 0 Å². The fraction of sp³-hybridized carbons (Fsp3) is 0.545. The predicted molar refractivity (Wildman–Crippen MR) is 123 cm³/mol. The van der Waals surface area contributed by atoms with Gasteiger partial charge >= 0.3 is 0 Å². The normalized spacial score (nSPS) is 15.2. The Balaban J connectivity index is 1.38. The monoisotopic (exact) mass is 431 g/mol. The first kappa shape index (κ1) is 22.5. The molecule has 1 aliphatic rings. The zero-order valence-electron chi connectivity index (χ0n) is 18.2. The summed E-state index contributed by atoms with van der Waals surface area (Å²) >= 11 is 1.77. The molecule has 1 fully saturated rings. The van der Waals surface area contributed by atoms with Crippen molar-refractivity contribution in [2.24, 2.45) is 4.99 Å². The number of morpholine rings is 1. The van der Waals surface area contributed by atoms with Crippen LogP contribution in [0.3, 0.4) is 0 Å². The highest BCUT2D eigenvalue weighted by Gasteiger charge is 2.10. The van der Waals surface area contributed by atoms with E-state index in [-0.39, 0.29) is 0 Å². The number of ether oxygens (including phenoxy) is 2. The molecule has 0 spiro atoms. The first-order chi connectivity index (χ1) is 14.6. The molecule has 1 aromatic carbocycles. The van der Waals surface area contributed by atoms with Crippen LogP contribution in [0.25, 0.3) is 0 Å². The van der Waals surface area contributed by atoms with Crippen LogP contribution in [0.4, 0.5) is 0 Å². The fourth-order valence-electron chi connectivity index (χ4n) is 3.20. The molecule has 1 aromatic heterocycles. The zero-order valence-corrected chi connectivity index (χ0v) is 19.1. The maximum absolute atomic E-state index is 5.95. The van der Waals surface area contributed by atoms with Gasteiger partial charge in [0.1, 0.15) is 12.4 Å². The summed E-state index contributed by atoms with van der Waals surface area (Å²) in [5.41, 5.74) is 2.29. The lowest BCUT2D eigenvalue weighted by Crippen LogP contribution is -2.38. The number of hydrogen-bond acceptors (Lipinski definition) is 6. The third-order valence-corrected chi connectivity index (χ3v) is 6.20. The molecule has 8 heteroatoms. The van der Waals surface area contributed by atoms with Gasteiger partial charge in [0, 0.05) is 51.1 Å². The van der Waals surface area contributed by atoms with E-state index in [0.29, 0.717) is 13.2 Å². The SMILES string of the molecule is CN=C(NCCc1nc(C)c(C)s1)NCc1cccc(OCCN2CCOCC2)c1. The van der Waals surface area contributed by atoms with Crippen LogP contribution in [0.2, 0.25) is 0 Å². The quantitative estimate of drug-likeness (QED) is 0.469. The van der Waals surface area contributed by atoms with Crippen molar-refractivity contribution in [3.8, 4) is 5.75 Å². The largest absolute Gasteiger partial charge is 0.492 e. The van der Waals surface area contributed by atoms with Crippen molar-refractivity contribution in [1.29, 1.82) is 0 Å². The topological polar surface area (TPSA) is 71.0 Å². The van der Waals surface area contributed by atoms with Crippen LogP contribution in [0, 0.1) is 13.8 Å². The Bertz CT molecular complexity index is 798. The number of hydrogen-bond donors (Lipinski definition) is 2. The van der Waals surface area contributed by atoms with Gasteiger partial charge in [-0.1, -0.05) is 12.1 Å². The molecule has 0 unspecified atom stereocenters. The van der Waals surface area contributed by atoms with Gasteiger partial charge in [-0.25, -0.2) is 4.98 Å². The molecule has 2 heterocycles. The summed E-state index contributed by atoms with van der Waals surface area (Å²) in [6.45, 7) is 10.9. The number of nitrogens with one attached hydrogen (secondary N) is 2. The summed E-state index contributed by atoms with van der Waals surface area (Å²) in [5.74, 6) is 1.69. The molecular formula is C22H33N5O2S. The van der Waals surface area contributed by atoms with Crippen molar-refractivity contribution < 1.29 is 9.47 Å². The summed E-state index contributed by atoms with van der Waals surface area (Å²) < 4.78 is 11.3. The predicted octanol–water partition coefficient (Wildman–Crippen LogP) is 2.38. The highest BCUT2D eigenvalue weighted by Crippen LogP contribution is 2.16. The van der Waals surface area contributed by atoms with Crippen molar-refractivity contribution in [2.45, 2.75) is 26.8 Å². The molecule has 3 rings (SSSR count). The Kier molecular flexibility index (Phi) is 8.92. The molecule has 164 valence electrons. The van der Waals surface area contributed by atoms with Crippen LogP contribution in [0.15, 0.2) is 29.3 Å². The van der Waals surface area contributed by atoms with E-state index in [4.69, 9.17) is 9.47 Å². The molecule has 2 N–H and O–H groups in total. The minimum Gasteiger partial charge on any atom is -0.492 e. The maximum Gasteiger partial charge on any atom is 0.191 e. The van der Waals surface area contributed by atoms with Crippen molar-refractivity contribution in [1.82, 2.24) is 20.5 Å². The van der Waals surface area contributed by atoms with Gasteiger partial charge in [-0.15, -0.1) is 11.3 Å². The van der Waals surface area contributed by atoms with Crippen LogP contribution in [0.5, 0.6) is 5.75 Å². The van der Waals surface area contributed by atoms with Gasteiger partial charge in [0.15, 0.2) is 5.96 Å². The third-order valence-electron chi connectivity index (χ3n) is 5.07. The zero-order chi connectivity index (χ0) is 21.2. The van der Waals surface area contributed by atoms with Gasteiger partial charge in [0.2, 0.25) is 0 Å². The summed E-state index contributed by atoms with van der Waals surface area (Å²) in [6.07, 6.45) is 0.895. The Hall–Kier alpha value is -2.16. The molecule has 2 aromatic rings. The van der Waals surface area contributed by atoms with Gasteiger partial charge in [0.05, 0.1) is 23.9 Å². The Morgan fingerprint density at radius 2 is 2.10 bits per heavy atom. The molecule has 1 saturated heterocycles. The standard InChI is InChI=1S/C22H33N5O2S/c1-17-18(2)30-21(26-17)7-8-24-22(23-3)25-16-19-5-4-6-20(15-19)29-14-11-27-9-12-28-13-10-27/h4-6,15H,7-14,16H2,1-3H3,(H2,23,24,25). The fourth-order valence-corrected chi connectivity index (χ4v) is 4.14. The summed E-state index contributed by atoms with van der Waals surface area (Å²) in [4.78, 5) is 12.6. The molecule has 0 bridgehead atoms. The molecule has 0 radical (unpaired) electrons. The number of rotatable bonds is 9. The van der Waals surface area contributed by atoms with Crippen molar-refractivity contribution in [3.63, 3.8) is 0 Å². The lowest BCUT2D eigenvalue weighted by Gasteiger charge is -2.26. The first-order valence-electron chi connectivity index (χ1n) is 10.5. The Morgan fingerprint density at radius 1 is 1.27 bits per heavy atom. The number of guanidine groups is 1. The minimum absolute atomic E-state index is 0.690. The van der Waals surface area contributed by atoms with Gasteiger partial charge < -0.3 is 20.1 Å². The van der Waals surface area contributed by atoms with Crippen LogP contribution in [-0.4, -0.2) is 68.9 Å². The second kappa shape index (κ2) is 11.9. The highest BCUT2D eigenvalue weighted by atomic mass is 32.1. The van der Waals surface area contributed by atoms with Gasteiger partial charge in [-0.05, 0) is 31.5 Å². The average Bonchev–Trinajstić information content (AvgIpc) is 3.09. The maximum atomic E-state index is 5.95. The van der Waals surface area contributed by atoms with E-state index >= 15 is 0 Å². The van der Waals surface area contributed by atoms with E-state index in [2.05, 4.69) is 51.5 Å². The summed E-state index contributed by atoms with van der Waals surface area (Å²) in [6, 6.07) is 8.22. The van der Waals surface area contributed by atoms with Gasteiger partial charge in [-0.2, -0.15) is 0 Å². The molecule has 0 aliphatic carbocycles. The summed E-state index contributed by atoms with van der Waals surface area (Å²) in [7, 11) is 1.79. The number of aromatic nitrogens is 1. The second-order valence-corrected chi connectivity index (χ2v) is 8.59. The minimum atomic E-state index is 0.690. The molecule has 0 amide bonds. The van der Waals surface area contributed by atoms with Crippen LogP contribution < -0.4 is 15.4 Å². The van der Waals surface area contributed by atoms with Crippen molar-refractivity contribution >= 4 is 17.3 Å². The molecule has 30 heavy (non-hydrogen) atoms. The van der Waals surface area contributed by atoms with E-state index in [1.165, 1.54) is 4.88 Å².